The summed E-state index contributed by atoms with van der Waals surface area (Å²) in [7, 11) is 1.75. The molecule has 20 heavy (non-hydrogen) atoms. The molecule has 1 aromatic rings. The predicted molar refractivity (Wildman–Crippen MR) is 77.9 cm³/mol. The Morgan fingerprint density at radius 2 is 1.90 bits per heavy atom. The van der Waals surface area contributed by atoms with E-state index in [1.165, 1.54) is 12.1 Å². The molecule has 1 N–H and O–H groups in total. The summed E-state index contributed by atoms with van der Waals surface area (Å²) in [5.41, 5.74) is -0.134. The molecule has 5 heteroatoms. The van der Waals surface area contributed by atoms with E-state index in [1.807, 2.05) is 11.8 Å². The van der Waals surface area contributed by atoms with Gasteiger partial charge in [0.15, 0.2) is 0 Å². The Kier molecular flexibility index (Phi) is 5.38. The molecule has 0 saturated carbocycles. The summed E-state index contributed by atoms with van der Waals surface area (Å²) in [6.07, 6.45) is -1.29. The van der Waals surface area contributed by atoms with Crippen LogP contribution in [-0.4, -0.2) is 18.6 Å². The lowest BCUT2D eigenvalue weighted by Crippen LogP contribution is -2.24. The maximum Gasteiger partial charge on any atom is 0.416 e. The smallest absolute Gasteiger partial charge is 0.313 e. The second-order valence-electron chi connectivity index (χ2n) is 5.22. The Morgan fingerprint density at radius 3 is 2.50 bits per heavy atom. The number of hydrogen-bond acceptors (Lipinski definition) is 2. The third-order valence-corrected chi connectivity index (χ3v) is 4.95. The molecule has 1 heterocycles. The molecule has 0 radical (unpaired) electrons. The Bertz CT molecular complexity index is 427. The predicted octanol–water partition coefficient (Wildman–Crippen LogP) is 4.50. The van der Waals surface area contributed by atoms with Crippen LogP contribution in [0.15, 0.2) is 24.3 Å². The van der Waals surface area contributed by atoms with Crippen LogP contribution >= 0.6 is 11.8 Å². The zero-order chi connectivity index (χ0) is 14.6. The molecule has 112 valence electrons. The lowest BCUT2D eigenvalue weighted by Gasteiger charge is -2.28. The van der Waals surface area contributed by atoms with Crippen LogP contribution in [-0.2, 0) is 6.18 Å². The number of thioether (sulfide) groups is 1. The molecule has 0 aliphatic carbocycles. The van der Waals surface area contributed by atoms with Crippen molar-refractivity contribution < 1.29 is 13.2 Å². The van der Waals surface area contributed by atoms with Crippen molar-refractivity contribution in [3.05, 3.63) is 35.4 Å². The molecule has 0 spiro atoms. The van der Waals surface area contributed by atoms with Crippen LogP contribution in [0.1, 0.15) is 36.4 Å². The normalized spacial score (nSPS) is 19.0. The topological polar surface area (TPSA) is 12.0 Å². The van der Waals surface area contributed by atoms with E-state index >= 15 is 0 Å². The van der Waals surface area contributed by atoms with Crippen LogP contribution in [0.3, 0.4) is 0 Å². The fourth-order valence-corrected chi connectivity index (χ4v) is 3.98. The lowest BCUT2D eigenvalue weighted by atomic mass is 9.89. The van der Waals surface area contributed by atoms with E-state index in [1.54, 1.807) is 19.2 Å². The quantitative estimate of drug-likeness (QED) is 0.879. The van der Waals surface area contributed by atoms with Crippen molar-refractivity contribution >= 4 is 11.8 Å². The maximum atomic E-state index is 13.1. The average Bonchev–Trinajstić information content (AvgIpc) is 2.45. The Morgan fingerprint density at radius 1 is 1.25 bits per heavy atom. The summed E-state index contributed by atoms with van der Waals surface area (Å²) >= 11 is 1.94. The zero-order valence-electron chi connectivity index (χ0n) is 11.5. The highest BCUT2D eigenvalue weighted by Crippen LogP contribution is 2.37. The first-order valence-corrected chi connectivity index (χ1v) is 8.09. The first-order valence-electron chi connectivity index (χ1n) is 6.93. The molecule has 0 amide bonds. The van der Waals surface area contributed by atoms with Crippen LogP contribution in [0.2, 0.25) is 0 Å². The SMILES string of the molecule is CNC(CC1CCSCC1)c1ccccc1C(F)(F)F. The van der Waals surface area contributed by atoms with Gasteiger partial charge in [-0.15, -0.1) is 0 Å². The fraction of sp³-hybridized carbons (Fsp3) is 0.600. The van der Waals surface area contributed by atoms with Gasteiger partial charge in [-0.05, 0) is 55.4 Å². The summed E-state index contributed by atoms with van der Waals surface area (Å²) < 4.78 is 39.3. The van der Waals surface area contributed by atoms with Crippen molar-refractivity contribution in [3.8, 4) is 0 Å². The van der Waals surface area contributed by atoms with E-state index in [0.717, 1.165) is 30.8 Å². The summed E-state index contributed by atoms with van der Waals surface area (Å²) in [4.78, 5) is 0. The van der Waals surface area contributed by atoms with Crippen LogP contribution in [0.5, 0.6) is 0 Å². The van der Waals surface area contributed by atoms with Gasteiger partial charge in [-0.3, -0.25) is 0 Å². The number of hydrogen-bond donors (Lipinski definition) is 1. The van der Waals surface area contributed by atoms with Gasteiger partial charge >= 0.3 is 6.18 Å². The molecule has 1 aromatic carbocycles. The number of nitrogens with one attached hydrogen (secondary N) is 1. The summed E-state index contributed by atoms with van der Waals surface area (Å²) in [5.74, 6) is 2.78. The van der Waals surface area contributed by atoms with Gasteiger partial charge in [0.05, 0.1) is 5.56 Å². The molecule has 0 bridgehead atoms. The standard InChI is InChI=1S/C15H20F3NS/c1-19-14(10-11-6-8-20-9-7-11)12-4-2-3-5-13(12)15(16,17)18/h2-5,11,14,19H,6-10H2,1H3. The first-order chi connectivity index (χ1) is 9.52. The van der Waals surface area contributed by atoms with Gasteiger partial charge in [0.2, 0.25) is 0 Å². The average molecular weight is 303 g/mol. The van der Waals surface area contributed by atoms with Crippen molar-refractivity contribution in [2.24, 2.45) is 5.92 Å². The molecule has 1 aliphatic rings. The summed E-state index contributed by atoms with van der Waals surface area (Å²) in [6, 6.07) is 5.70. The van der Waals surface area contributed by atoms with Crippen molar-refractivity contribution in [2.75, 3.05) is 18.6 Å². The third-order valence-electron chi connectivity index (χ3n) is 3.90. The summed E-state index contributed by atoms with van der Waals surface area (Å²) in [6.45, 7) is 0. The maximum absolute atomic E-state index is 13.1. The highest BCUT2D eigenvalue weighted by atomic mass is 32.2. The van der Waals surface area contributed by atoms with E-state index in [0.29, 0.717) is 11.5 Å². The Hall–Kier alpha value is -0.680. The zero-order valence-corrected chi connectivity index (χ0v) is 12.4. The number of rotatable bonds is 4. The van der Waals surface area contributed by atoms with Gasteiger partial charge in [0.1, 0.15) is 0 Å². The van der Waals surface area contributed by atoms with Crippen molar-refractivity contribution in [1.82, 2.24) is 5.32 Å². The second-order valence-corrected chi connectivity index (χ2v) is 6.44. The Balaban J connectivity index is 2.18. The first kappa shape index (κ1) is 15.7. The molecule has 1 aliphatic heterocycles. The molecule has 1 unspecified atom stereocenters. The van der Waals surface area contributed by atoms with Crippen molar-refractivity contribution in [2.45, 2.75) is 31.5 Å². The molecular weight excluding hydrogens is 283 g/mol. The number of benzene rings is 1. The van der Waals surface area contributed by atoms with Gasteiger partial charge in [-0.25, -0.2) is 0 Å². The molecule has 0 aromatic heterocycles. The molecule has 1 saturated heterocycles. The minimum Gasteiger partial charge on any atom is -0.313 e. The van der Waals surface area contributed by atoms with Gasteiger partial charge in [-0.1, -0.05) is 18.2 Å². The highest BCUT2D eigenvalue weighted by Gasteiger charge is 2.35. The van der Waals surface area contributed by atoms with E-state index < -0.39 is 11.7 Å². The minimum absolute atomic E-state index is 0.221. The number of alkyl halides is 3. The molecule has 1 nitrogen and oxygen atoms in total. The van der Waals surface area contributed by atoms with E-state index in [4.69, 9.17) is 0 Å². The lowest BCUT2D eigenvalue weighted by molar-refractivity contribution is -0.138. The summed E-state index contributed by atoms with van der Waals surface area (Å²) in [5, 5.41) is 3.07. The molecule has 1 atom stereocenters. The largest absolute Gasteiger partial charge is 0.416 e. The van der Waals surface area contributed by atoms with Crippen LogP contribution in [0, 0.1) is 5.92 Å². The third kappa shape index (κ3) is 3.92. The van der Waals surface area contributed by atoms with Crippen molar-refractivity contribution in [3.63, 3.8) is 0 Å². The van der Waals surface area contributed by atoms with Crippen LogP contribution in [0.4, 0.5) is 13.2 Å². The van der Waals surface area contributed by atoms with E-state index in [2.05, 4.69) is 5.32 Å². The Labute approximate surface area is 122 Å². The molecular formula is C15H20F3NS. The van der Waals surface area contributed by atoms with Crippen LogP contribution in [0.25, 0.3) is 0 Å². The van der Waals surface area contributed by atoms with Crippen molar-refractivity contribution in [1.29, 1.82) is 0 Å². The number of halogens is 3. The highest BCUT2D eigenvalue weighted by molar-refractivity contribution is 7.99. The molecule has 1 fully saturated rings. The van der Waals surface area contributed by atoms with Crippen LogP contribution < -0.4 is 5.32 Å². The van der Waals surface area contributed by atoms with E-state index in [-0.39, 0.29) is 6.04 Å². The second kappa shape index (κ2) is 6.85. The molecule has 2 rings (SSSR count). The monoisotopic (exact) mass is 303 g/mol. The fourth-order valence-electron chi connectivity index (χ4n) is 2.77. The van der Waals surface area contributed by atoms with Gasteiger partial charge < -0.3 is 5.32 Å². The minimum atomic E-state index is -4.28. The van der Waals surface area contributed by atoms with E-state index in [9.17, 15) is 13.2 Å². The van der Waals surface area contributed by atoms with Gasteiger partial charge in [0.25, 0.3) is 0 Å². The van der Waals surface area contributed by atoms with Gasteiger partial charge in [-0.2, -0.15) is 24.9 Å². The van der Waals surface area contributed by atoms with Gasteiger partial charge in [0, 0.05) is 6.04 Å².